The maximum atomic E-state index is 15.1. The molecule has 0 spiro atoms. The molecule has 2 aromatic rings. The van der Waals surface area contributed by atoms with Crippen LogP contribution in [0, 0.1) is 5.92 Å². The molecular formula is C51H77N5O10Si2. The molecule has 17 heteroatoms. The second kappa shape index (κ2) is 22.8. The van der Waals surface area contributed by atoms with E-state index >= 15 is 4.79 Å². The molecule has 68 heavy (non-hydrogen) atoms. The molecule has 0 bridgehead atoms. The van der Waals surface area contributed by atoms with Crippen LogP contribution >= 0.6 is 0 Å². The Morgan fingerprint density at radius 2 is 1.50 bits per heavy atom. The fourth-order valence-corrected chi connectivity index (χ4v) is 15.2. The molecule has 3 N–H and O–H groups in total. The summed E-state index contributed by atoms with van der Waals surface area (Å²) in [4.78, 5) is 71.6. The SMILES string of the molecule is C=CCOC(=O)NC(C(=O)NC(C)C(=O)Nc1ccc(COC(=O)N2c3cc(O[Si](C(C)C)(C(C)C)C(C)C)c(OC)cc3C(=O)N3C=C(/C=C/C)C[C@H]3[C@@H]2O[Si](C)(C)C(C)(C)C)cc1)C(C)C. The summed E-state index contributed by atoms with van der Waals surface area (Å²) in [6, 6.07) is 7.75. The Kier molecular flexibility index (Phi) is 18.5. The number of benzene rings is 2. The zero-order chi connectivity index (χ0) is 51.1. The number of amides is 5. The van der Waals surface area contributed by atoms with Gasteiger partial charge in [-0.25, -0.2) is 14.5 Å². The minimum Gasteiger partial charge on any atom is -0.540 e. The van der Waals surface area contributed by atoms with E-state index in [1.807, 2.05) is 25.3 Å². The quantitative estimate of drug-likeness (QED) is 0.0908. The molecule has 2 aromatic carbocycles. The van der Waals surface area contributed by atoms with Crippen LogP contribution in [-0.2, 0) is 30.1 Å². The second-order valence-corrected chi connectivity index (χ2v) is 30.6. The molecule has 2 unspecified atom stereocenters. The van der Waals surface area contributed by atoms with Gasteiger partial charge in [-0.1, -0.05) is 113 Å². The van der Waals surface area contributed by atoms with Crippen LogP contribution in [0.4, 0.5) is 21.0 Å². The molecule has 374 valence electrons. The number of rotatable bonds is 19. The normalized spacial score (nSPS) is 17.4. The van der Waals surface area contributed by atoms with Crippen LogP contribution in [0.2, 0.25) is 34.8 Å². The third-order valence-corrected chi connectivity index (χ3v) is 23.8. The third kappa shape index (κ3) is 12.4. The monoisotopic (exact) mass is 976 g/mol. The molecule has 0 aromatic heterocycles. The molecule has 0 saturated carbocycles. The van der Waals surface area contributed by atoms with Crippen LogP contribution in [0.3, 0.4) is 0 Å². The highest BCUT2D eigenvalue weighted by molar-refractivity contribution is 6.78. The van der Waals surface area contributed by atoms with Crippen LogP contribution in [-0.4, -0.2) is 89.5 Å². The number of carbonyl (C=O) groups excluding carboxylic acids is 5. The highest BCUT2D eigenvalue weighted by atomic mass is 28.4. The number of carbonyl (C=O) groups is 5. The topological polar surface area (TPSA) is 174 Å². The first-order valence-electron chi connectivity index (χ1n) is 23.7. The van der Waals surface area contributed by atoms with Gasteiger partial charge in [0.1, 0.15) is 31.0 Å². The molecule has 0 radical (unpaired) electrons. The van der Waals surface area contributed by atoms with Gasteiger partial charge in [-0.2, -0.15) is 0 Å². The number of alkyl carbamates (subject to hydrolysis) is 1. The minimum absolute atomic E-state index is 0.0142. The van der Waals surface area contributed by atoms with Crippen molar-refractivity contribution in [3.05, 3.63) is 84.1 Å². The van der Waals surface area contributed by atoms with E-state index in [-0.39, 0.29) is 52.3 Å². The molecule has 2 heterocycles. The number of methoxy groups -OCH3 is 1. The van der Waals surface area contributed by atoms with Crippen molar-refractivity contribution < 1.29 is 47.0 Å². The Hall–Kier alpha value is -5.40. The van der Waals surface area contributed by atoms with Gasteiger partial charge in [-0.15, -0.1) is 0 Å². The first kappa shape index (κ1) is 55.2. The number of anilines is 2. The molecule has 15 nitrogen and oxygen atoms in total. The summed E-state index contributed by atoms with van der Waals surface area (Å²) in [6.45, 7) is 34.1. The smallest absolute Gasteiger partial charge is 0.416 e. The van der Waals surface area contributed by atoms with E-state index < -0.39 is 65.0 Å². The number of hydrogen-bond acceptors (Lipinski definition) is 10. The molecule has 0 aliphatic carbocycles. The Bertz CT molecular complexity index is 2190. The average Bonchev–Trinajstić information content (AvgIpc) is 3.65. The average molecular weight is 976 g/mol. The van der Waals surface area contributed by atoms with E-state index in [2.05, 4.69) is 97.9 Å². The summed E-state index contributed by atoms with van der Waals surface area (Å²) in [5.74, 6) is -0.784. The van der Waals surface area contributed by atoms with E-state index in [0.29, 0.717) is 34.9 Å². The van der Waals surface area contributed by atoms with E-state index in [0.717, 1.165) is 5.57 Å². The number of fused-ring (bicyclic) bond motifs is 2. The summed E-state index contributed by atoms with van der Waals surface area (Å²) in [5, 5.41) is 7.74. The van der Waals surface area contributed by atoms with E-state index in [9.17, 15) is 19.2 Å². The van der Waals surface area contributed by atoms with Crippen molar-refractivity contribution in [3.63, 3.8) is 0 Å². The molecule has 4 rings (SSSR count). The lowest BCUT2D eigenvalue weighted by atomic mass is 10.0. The minimum atomic E-state index is -2.67. The fourth-order valence-electron chi connectivity index (χ4n) is 8.76. The van der Waals surface area contributed by atoms with Gasteiger partial charge in [-0.3, -0.25) is 14.4 Å². The molecule has 2 aliphatic rings. The number of allylic oxidation sites excluding steroid dienone is 2. The summed E-state index contributed by atoms with van der Waals surface area (Å²) in [6.07, 6.45) is 5.15. The van der Waals surface area contributed by atoms with Gasteiger partial charge in [0, 0.05) is 18.0 Å². The van der Waals surface area contributed by atoms with E-state index in [1.54, 1.807) is 62.3 Å². The predicted octanol–water partition coefficient (Wildman–Crippen LogP) is 10.8. The number of hydrogen-bond donors (Lipinski definition) is 3. The van der Waals surface area contributed by atoms with Crippen molar-refractivity contribution >= 4 is 57.9 Å². The lowest BCUT2D eigenvalue weighted by Gasteiger charge is -2.44. The molecule has 5 amide bonds. The van der Waals surface area contributed by atoms with E-state index in [4.69, 9.17) is 23.1 Å². The first-order valence-corrected chi connectivity index (χ1v) is 28.7. The predicted molar refractivity (Wildman–Crippen MR) is 273 cm³/mol. The van der Waals surface area contributed by atoms with Gasteiger partial charge < -0.3 is 43.9 Å². The van der Waals surface area contributed by atoms with E-state index in [1.165, 1.54) is 17.9 Å². The van der Waals surface area contributed by atoms with Crippen molar-refractivity contribution in [2.45, 2.75) is 162 Å². The van der Waals surface area contributed by atoms with Crippen molar-refractivity contribution in [3.8, 4) is 11.5 Å². The molecule has 0 fully saturated rings. The number of ether oxygens (including phenoxy) is 3. The number of nitrogens with one attached hydrogen (secondary N) is 3. The van der Waals surface area contributed by atoms with Crippen molar-refractivity contribution in [2.24, 2.45) is 5.92 Å². The Balaban J connectivity index is 1.72. The van der Waals surface area contributed by atoms with Gasteiger partial charge >= 0.3 is 12.2 Å². The van der Waals surface area contributed by atoms with Crippen LogP contribution in [0.1, 0.15) is 112 Å². The summed E-state index contributed by atoms with van der Waals surface area (Å²) >= 11 is 0. The van der Waals surface area contributed by atoms with Crippen molar-refractivity contribution in [2.75, 3.05) is 23.9 Å². The Labute approximate surface area is 406 Å². The maximum Gasteiger partial charge on any atom is 0.416 e. The standard InChI is InChI=1S/C51H77N5O10Si2/c1-18-20-37-26-41-48(66-67(16,17)51(12,13)14)56(40-28-43(65-68(32(5)6,33(7)8)34(9)10)42(62-15)27-39(40)47(59)55(41)29-37)50(61)64-30-36-21-23-38(24-22-36)53-45(57)35(11)52-46(58)44(31(3)4)54-49(60)63-25-19-2/h18-24,27-29,31-35,41,44,48H,2,25-26,30H2,1,3-17H3,(H,52,58)(H,53,57)(H,54,60)/b20-18+/t35?,41-,44?,48-/m0/s1. The highest BCUT2D eigenvalue weighted by Crippen LogP contribution is 2.49. The van der Waals surface area contributed by atoms with Crippen LogP contribution in [0.5, 0.6) is 11.5 Å². The molecule has 0 saturated heterocycles. The lowest BCUT2D eigenvalue weighted by Crippen LogP contribution is -2.57. The van der Waals surface area contributed by atoms with Gasteiger partial charge in [0.15, 0.2) is 20.3 Å². The first-order chi connectivity index (χ1) is 31.7. The molecule has 4 atom stereocenters. The highest BCUT2D eigenvalue weighted by Gasteiger charge is 2.52. The summed E-state index contributed by atoms with van der Waals surface area (Å²) in [7, 11) is -3.69. The summed E-state index contributed by atoms with van der Waals surface area (Å²) < 4.78 is 31.7. The molecule has 2 aliphatic heterocycles. The Morgan fingerprint density at radius 3 is 2.03 bits per heavy atom. The Morgan fingerprint density at radius 1 is 0.882 bits per heavy atom. The van der Waals surface area contributed by atoms with Crippen molar-refractivity contribution in [1.29, 1.82) is 0 Å². The van der Waals surface area contributed by atoms with Crippen LogP contribution in [0.15, 0.2) is 73.0 Å². The van der Waals surface area contributed by atoms with Gasteiger partial charge in [-0.05, 0) is 90.3 Å². The van der Waals surface area contributed by atoms with Crippen LogP contribution in [0.25, 0.3) is 0 Å². The summed E-state index contributed by atoms with van der Waals surface area (Å²) in [5.41, 5.74) is 3.20. The molecular weight excluding hydrogens is 899 g/mol. The van der Waals surface area contributed by atoms with Gasteiger partial charge in [0.05, 0.1) is 24.4 Å². The fraction of sp³-hybridized carbons (Fsp3) is 0.549. The second-order valence-electron chi connectivity index (χ2n) is 20.5. The zero-order valence-corrected chi connectivity index (χ0v) is 45.2. The van der Waals surface area contributed by atoms with Gasteiger partial charge in [0.2, 0.25) is 11.8 Å². The van der Waals surface area contributed by atoms with Crippen LogP contribution < -0.4 is 30.0 Å². The number of nitrogens with zero attached hydrogens (tertiary/aromatic N) is 2. The van der Waals surface area contributed by atoms with Gasteiger partial charge in [0.25, 0.3) is 14.2 Å². The lowest BCUT2D eigenvalue weighted by molar-refractivity contribution is -0.128. The van der Waals surface area contributed by atoms with Crippen molar-refractivity contribution in [1.82, 2.24) is 15.5 Å². The largest absolute Gasteiger partial charge is 0.540 e. The maximum absolute atomic E-state index is 15.1. The zero-order valence-electron chi connectivity index (χ0n) is 43.2. The third-order valence-electron chi connectivity index (χ3n) is 13.4.